The molecule has 7 heteroatoms. The first kappa shape index (κ1) is 26.7. The maximum absolute atomic E-state index is 13.6. The molecule has 0 fully saturated rings. The number of aromatic hydroxyl groups is 1. The van der Waals surface area contributed by atoms with Gasteiger partial charge >= 0.3 is 5.97 Å². The number of phenolic OH excluding ortho intramolecular Hbond substituents is 1. The molecule has 2 aliphatic heterocycles. The normalized spacial score (nSPS) is 22.3. The van der Waals surface area contributed by atoms with Crippen molar-refractivity contribution in [2.45, 2.75) is 25.6 Å². The van der Waals surface area contributed by atoms with Gasteiger partial charge in [-0.2, -0.15) is 0 Å². The van der Waals surface area contributed by atoms with Crippen LogP contribution in [0, 0.1) is 11.8 Å². The Morgan fingerprint density at radius 1 is 0.833 bits per heavy atom. The largest absolute Gasteiger partial charge is 0.507 e. The van der Waals surface area contributed by atoms with Crippen molar-refractivity contribution in [1.82, 2.24) is 0 Å². The maximum atomic E-state index is 13.6. The fourth-order valence-corrected chi connectivity index (χ4v) is 6.91. The number of phenols is 1. The van der Waals surface area contributed by atoms with Crippen molar-refractivity contribution >= 4 is 34.7 Å². The Balaban J connectivity index is 1.61. The van der Waals surface area contributed by atoms with E-state index in [1.165, 1.54) is 0 Å². The minimum atomic E-state index is -1.39. The highest BCUT2D eigenvalue weighted by Gasteiger charge is 2.61. The van der Waals surface area contributed by atoms with Crippen LogP contribution in [-0.4, -0.2) is 22.3 Å². The fourth-order valence-electron chi connectivity index (χ4n) is 6.58. The summed E-state index contributed by atoms with van der Waals surface area (Å²) in [6.07, 6.45) is 1.17. The molecule has 0 saturated heterocycles. The monoisotopic (exact) mass is 596 g/mol. The van der Waals surface area contributed by atoms with E-state index >= 15 is 0 Å². The number of aliphatic hydroxyl groups is 1. The van der Waals surface area contributed by atoms with E-state index in [9.17, 15) is 15.0 Å². The van der Waals surface area contributed by atoms with Crippen molar-refractivity contribution in [2.75, 3.05) is 0 Å². The SMILES string of the molecule is CC(C)C1=CC2C(Oc3c(ccc(O)c3-c3ccccc3)C23OC(=O)c2cc(Cl)c(Cl)cc23)C(c2ccccc2)=C1O. The fraction of sp³-hybridized carbons (Fsp3) is 0.171. The third-order valence-electron chi connectivity index (χ3n) is 8.45. The summed E-state index contributed by atoms with van der Waals surface area (Å²) in [6, 6.07) is 25.5. The van der Waals surface area contributed by atoms with Gasteiger partial charge in [0.15, 0.2) is 5.60 Å². The summed E-state index contributed by atoms with van der Waals surface area (Å²) in [5.74, 6) is -0.690. The van der Waals surface area contributed by atoms with E-state index in [0.29, 0.717) is 39.1 Å². The molecule has 3 aliphatic rings. The third kappa shape index (κ3) is 3.73. The van der Waals surface area contributed by atoms with Gasteiger partial charge in [0.2, 0.25) is 0 Å². The lowest BCUT2D eigenvalue weighted by Gasteiger charge is -2.48. The van der Waals surface area contributed by atoms with Crippen molar-refractivity contribution in [3.63, 3.8) is 0 Å². The molecule has 0 aromatic heterocycles. The number of rotatable bonds is 3. The highest BCUT2D eigenvalue weighted by molar-refractivity contribution is 6.42. The molecular weight excluding hydrogens is 571 g/mol. The molecule has 5 nitrogen and oxygen atoms in total. The van der Waals surface area contributed by atoms with Crippen LogP contribution in [-0.2, 0) is 10.3 Å². The quantitative estimate of drug-likeness (QED) is 0.231. The summed E-state index contributed by atoms with van der Waals surface area (Å²) in [7, 11) is 0. The Hall–Kier alpha value is -4.19. The van der Waals surface area contributed by atoms with Crippen LogP contribution < -0.4 is 4.74 Å². The molecule has 0 saturated carbocycles. The van der Waals surface area contributed by atoms with E-state index < -0.39 is 23.6 Å². The highest BCUT2D eigenvalue weighted by Crippen LogP contribution is 2.61. The number of fused-ring (bicyclic) bond motifs is 6. The smallest absolute Gasteiger partial charge is 0.339 e. The molecule has 42 heavy (non-hydrogen) atoms. The van der Waals surface area contributed by atoms with E-state index in [4.69, 9.17) is 32.7 Å². The number of ether oxygens (including phenoxy) is 2. The van der Waals surface area contributed by atoms with Crippen LogP contribution in [0.25, 0.3) is 16.7 Å². The van der Waals surface area contributed by atoms with Gasteiger partial charge in [0, 0.05) is 16.7 Å². The molecule has 4 aromatic carbocycles. The molecule has 0 radical (unpaired) electrons. The van der Waals surface area contributed by atoms with Gasteiger partial charge < -0.3 is 19.7 Å². The Morgan fingerprint density at radius 2 is 1.48 bits per heavy atom. The lowest BCUT2D eigenvalue weighted by molar-refractivity contribution is -0.0405. The first-order valence-electron chi connectivity index (χ1n) is 13.7. The van der Waals surface area contributed by atoms with Crippen LogP contribution in [0.4, 0.5) is 0 Å². The molecule has 2 N–H and O–H groups in total. The topological polar surface area (TPSA) is 76.0 Å². The summed E-state index contributed by atoms with van der Waals surface area (Å²) < 4.78 is 13.4. The number of halogens is 2. The number of allylic oxidation sites excluding steroid dienone is 1. The number of carbonyl (C=O) groups excluding carboxylic acids is 1. The zero-order valence-corrected chi connectivity index (χ0v) is 24.3. The summed E-state index contributed by atoms with van der Waals surface area (Å²) >= 11 is 13.0. The number of esters is 1. The lowest BCUT2D eigenvalue weighted by Crippen LogP contribution is -2.50. The van der Waals surface area contributed by atoms with Crippen LogP contribution in [0.1, 0.15) is 40.9 Å². The number of benzene rings is 4. The molecule has 3 atom stereocenters. The van der Waals surface area contributed by atoms with Crippen LogP contribution in [0.2, 0.25) is 10.0 Å². The predicted molar refractivity (Wildman–Crippen MR) is 163 cm³/mol. The molecule has 1 aliphatic carbocycles. The molecule has 3 unspecified atom stereocenters. The van der Waals surface area contributed by atoms with Gasteiger partial charge in [0.25, 0.3) is 0 Å². The van der Waals surface area contributed by atoms with E-state index in [2.05, 4.69) is 0 Å². The second kappa shape index (κ2) is 9.69. The Bertz CT molecular complexity index is 1830. The van der Waals surface area contributed by atoms with Crippen LogP contribution in [0.5, 0.6) is 11.5 Å². The summed E-state index contributed by atoms with van der Waals surface area (Å²) in [4.78, 5) is 13.6. The number of aliphatic hydroxyl groups excluding tert-OH is 1. The first-order chi connectivity index (χ1) is 20.2. The van der Waals surface area contributed by atoms with Crippen LogP contribution in [0.3, 0.4) is 0 Å². The molecule has 1 spiro atoms. The molecule has 2 heterocycles. The molecule has 0 amide bonds. The Labute approximate surface area is 253 Å². The van der Waals surface area contributed by atoms with Crippen molar-refractivity contribution in [3.8, 4) is 22.6 Å². The summed E-state index contributed by atoms with van der Waals surface area (Å²) in [6.45, 7) is 4.01. The van der Waals surface area contributed by atoms with E-state index in [0.717, 1.165) is 11.1 Å². The van der Waals surface area contributed by atoms with Crippen molar-refractivity contribution in [3.05, 3.63) is 135 Å². The lowest BCUT2D eigenvalue weighted by atomic mass is 9.65. The molecule has 7 rings (SSSR count). The van der Waals surface area contributed by atoms with Crippen LogP contribution in [0.15, 0.2) is 102 Å². The minimum Gasteiger partial charge on any atom is -0.507 e. The number of carbonyl (C=O) groups is 1. The van der Waals surface area contributed by atoms with Gasteiger partial charge in [0.1, 0.15) is 23.4 Å². The number of hydrogen-bond acceptors (Lipinski definition) is 5. The van der Waals surface area contributed by atoms with Gasteiger partial charge in [-0.05, 0) is 46.9 Å². The molecule has 0 bridgehead atoms. The van der Waals surface area contributed by atoms with Gasteiger partial charge in [-0.1, -0.05) is 104 Å². The van der Waals surface area contributed by atoms with Gasteiger partial charge in [-0.15, -0.1) is 0 Å². The van der Waals surface area contributed by atoms with E-state index in [1.54, 1.807) is 24.3 Å². The third-order valence-corrected chi connectivity index (χ3v) is 9.17. The van der Waals surface area contributed by atoms with E-state index in [1.807, 2.05) is 80.6 Å². The zero-order chi connectivity index (χ0) is 29.3. The van der Waals surface area contributed by atoms with Gasteiger partial charge in [0.05, 0.1) is 27.1 Å². The van der Waals surface area contributed by atoms with Crippen LogP contribution >= 0.6 is 23.2 Å². The van der Waals surface area contributed by atoms with Crippen molar-refractivity contribution in [1.29, 1.82) is 0 Å². The van der Waals surface area contributed by atoms with Gasteiger partial charge in [-0.25, -0.2) is 4.79 Å². The average molecular weight is 597 g/mol. The highest BCUT2D eigenvalue weighted by atomic mass is 35.5. The number of hydrogen-bond donors (Lipinski definition) is 2. The van der Waals surface area contributed by atoms with E-state index in [-0.39, 0.29) is 27.5 Å². The van der Waals surface area contributed by atoms with Crippen molar-refractivity contribution < 1.29 is 24.5 Å². The second-order valence-corrected chi connectivity index (χ2v) is 11.9. The predicted octanol–water partition coefficient (Wildman–Crippen LogP) is 8.72. The van der Waals surface area contributed by atoms with Crippen molar-refractivity contribution in [2.24, 2.45) is 11.8 Å². The Morgan fingerprint density at radius 3 is 2.14 bits per heavy atom. The minimum absolute atomic E-state index is 0.0101. The molecule has 4 aromatic rings. The average Bonchev–Trinajstić information content (AvgIpc) is 3.25. The maximum Gasteiger partial charge on any atom is 0.339 e. The summed E-state index contributed by atoms with van der Waals surface area (Å²) in [5.41, 5.74) is 3.29. The standard InChI is InChI=1S/C35H26Cl2O5/c1-18(2)21-15-25-33(30(31(21)39)20-11-7-4-8-12-20)41-32-23(13-14-28(38)29(32)19-9-5-3-6-10-19)35(25)24-17-27(37)26(36)16-22(24)34(40)42-35/h3-18,25,33,38-39H,1-2H3. The first-order valence-corrected chi connectivity index (χ1v) is 14.5. The second-order valence-electron chi connectivity index (χ2n) is 11.1. The zero-order valence-electron chi connectivity index (χ0n) is 22.8. The molecular formula is C35H26Cl2O5. The van der Waals surface area contributed by atoms with Gasteiger partial charge in [-0.3, -0.25) is 0 Å². The molecule has 210 valence electrons. The summed E-state index contributed by atoms with van der Waals surface area (Å²) in [5, 5.41) is 23.5. The Kier molecular flexibility index (Phi) is 6.16.